The van der Waals surface area contributed by atoms with Crippen molar-refractivity contribution >= 4 is 11.9 Å². The van der Waals surface area contributed by atoms with Gasteiger partial charge in [-0.1, -0.05) is 25.3 Å². The van der Waals surface area contributed by atoms with E-state index in [0.717, 1.165) is 56.8 Å². The van der Waals surface area contributed by atoms with Crippen LogP contribution in [0, 0.1) is 5.82 Å². The molecule has 7 nitrogen and oxygen atoms in total. The molecule has 2 N–H and O–H groups in total. The van der Waals surface area contributed by atoms with Gasteiger partial charge in [-0.3, -0.25) is 9.69 Å². The standard InChI is InChI=1S/C24H38FN5O2/c1-29(2)23(31)16-26-24(27-19-7-5-4-6-8-19)28-20-11-13-30(14-12-20)17-18-9-10-22(32-3)21(25)15-18/h9-10,15,19-20H,4-8,11-14,16-17H2,1-3H3,(H2,26,27,28). The third-order valence-electron chi connectivity index (χ3n) is 6.37. The van der Waals surface area contributed by atoms with Crippen LogP contribution >= 0.6 is 0 Å². The number of ether oxygens (including phenoxy) is 1. The molecule has 32 heavy (non-hydrogen) atoms. The molecule has 0 aromatic heterocycles. The Labute approximate surface area is 191 Å². The van der Waals surface area contributed by atoms with Gasteiger partial charge < -0.3 is 20.3 Å². The lowest BCUT2D eigenvalue weighted by Gasteiger charge is -2.34. The van der Waals surface area contributed by atoms with E-state index in [1.54, 1.807) is 31.1 Å². The van der Waals surface area contributed by atoms with Gasteiger partial charge in [0.2, 0.25) is 5.91 Å². The van der Waals surface area contributed by atoms with Crippen LogP contribution in [0.4, 0.5) is 4.39 Å². The van der Waals surface area contributed by atoms with Crippen molar-refractivity contribution in [3.63, 3.8) is 0 Å². The van der Waals surface area contributed by atoms with Crippen molar-refractivity contribution in [2.24, 2.45) is 4.99 Å². The summed E-state index contributed by atoms with van der Waals surface area (Å²) in [5.74, 6) is 0.712. The Hall–Kier alpha value is -2.35. The van der Waals surface area contributed by atoms with Gasteiger partial charge in [-0.05, 0) is 43.4 Å². The Morgan fingerprint density at radius 1 is 1.12 bits per heavy atom. The molecular formula is C24H38FN5O2. The summed E-state index contributed by atoms with van der Waals surface area (Å²) in [7, 11) is 4.99. The minimum atomic E-state index is -0.316. The van der Waals surface area contributed by atoms with Gasteiger partial charge in [0.05, 0.1) is 7.11 Å². The summed E-state index contributed by atoms with van der Waals surface area (Å²) in [5.41, 5.74) is 0.957. The van der Waals surface area contributed by atoms with E-state index in [1.807, 2.05) is 6.07 Å². The minimum Gasteiger partial charge on any atom is -0.494 e. The second-order valence-corrected chi connectivity index (χ2v) is 9.10. The number of hydrogen-bond donors (Lipinski definition) is 2. The van der Waals surface area contributed by atoms with Gasteiger partial charge in [-0.2, -0.15) is 0 Å². The fraction of sp³-hybridized carbons (Fsp3) is 0.667. The van der Waals surface area contributed by atoms with Crippen LogP contribution in [0.15, 0.2) is 23.2 Å². The second kappa shape index (κ2) is 12.0. The van der Waals surface area contributed by atoms with Crippen LogP contribution in [0.3, 0.4) is 0 Å². The predicted octanol–water partition coefficient (Wildman–Crippen LogP) is 2.75. The maximum atomic E-state index is 14.0. The van der Waals surface area contributed by atoms with Crippen LogP contribution in [0.1, 0.15) is 50.5 Å². The molecule has 2 aliphatic rings. The highest BCUT2D eigenvalue weighted by Gasteiger charge is 2.22. The molecular weight excluding hydrogens is 409 g/mol. The molecule has 3 rings (SSSR count). The number of benzene rings is 1. The molecule has 1 saturated carbocycles. The summed E-state index contributed by atoms with van der Waals surface area (Å²) in [6, 6.07) is 5.90. The number of hydrogen-bond acceptors (Lipinski definition) is 4. The van der Waals surface area contributed by atoms with Crippen molar-refractivity contribution in [3.05, 3.63) is 29.6 Å². The topological polar surface area (TPSA) is 69.2 Å². The molecule has 0 radical (unpaired) electrons. The number of guanidine groups is 1. The molecule has 1 aliphatic carbocycles. The molecule has 1 aromatic carbocycles. The molecule has 1 amide bonds. The smallest absolute Gasteiger partial charge is 0.243 e. The molecule has 8 heteroatoms. The zero-order valence-corrected chi connectivity index (χ0v) is 19.7. The third kappa shape index (κ3) is 7.36. The van der Waals surface area contributed by atoms with E-state index in [2.05, 4.69) is 20.5 Å². The van der Waals surface area contributed by atoms with Crippen LogP contribution in [0.2, 0.25) is 0 Å². The molecule has 2 fully saturated rings. The Morgan fingerprint density at radius 2 is 1.78 bits per heavy atom. The maximum absolute atomic E-state index is 14.0. The number of likely N-dealkylation sites (N-methyl/N-ethyl adjacent to an activating group) is 1. The molecule has 0 spiro atoms. The van der Waals surface area contributed by atoms with Gasteiger partial charge in [0, 0.05) is 45.8 Å². The highest BCUT2D eigenvalue weighted by Crippen LogP contribution is 2.21. The number of rotatable bonds is 7. The van der Waals surface area contributed by atoms with E-state index in [-0.39, 0.29) is 24.0 Å². The summed E-state index contributed by atoms with van der Waals surface area (Å²) in [4.78, 5) is 20.5. The van der Waals surface area contributed by atoms with E-state index < -0.39 is 0 Å². The van der Waals surface area contributed by atoms with Gasteiger partial charge in [0.15, 0.2) is 17.5 Å². The highest BCUT2D eigenvalue weighted by molar-refractivity contribution is 5.85. The van der Waals surface area contributed by atoms with Gasteiger partial charge >= 0.3 is 0 Å². The molecule has 0 unspecified atom stereocenters. The lowest BCUT2D eigenvalue weighted by atomic mass is 9.95. The first kappa shape index (κ1) is 24.3. The average molecular weight is 448 g/mol. The molecule has 0 atom stereocenters. The SMILES string of the molecule is COc1ccc(CN2CCC(NC(=NCC(=O)N(C)C)NC3CCCCC3)CC2)cc1F. The number of halogens is 1. The molecule has 1 aliphatic heterocycles. The number of aliphatic imine (C=N–C) groups is 1. The van der Waals surface area contributed by atoms with Crippen LogP contribution in [-0.4, -0.2) is 74.6 Å². The maximum Gasteiger partial charge on any atom is 0.243 e. The summed E-state index contributed by atoms with van der Waals surface area (Å²) >= 11 is 0. The zero-order valence-electron chi connectivity index (χ0n) is 19.7. The lowest BCUT2D eigenvalue weighted by molar-refractivity contribution is -0.127. The van der Waals surface area contributed by atoms with Crippen molar-refractivity contribution in [1.29, 1.82) is 0 Å². The average Bonchev–Trinajstić information content (AvgIpc) is 2.79. The molecule has 1 aromatic rings. The third-order valence-corrected chi connectivity index (χ3v) is 6.37. The highest BCUT2D eigenvalue weighted by atomic mass is 19.1. The normalized spacial score (nSPS) is 18.9. The minimum absolute atomic E-state index is 0.00344. The van der Waals surface area contributed by atoms with Crippen LogP contribution in [-0.2, 0) is 11.3 Å². The van der Waals surface area contributed by atoms with Crippen molar-refractivity contribution in [2.75, 3.05) is 40.8 Å². The molecule has 0 bridgehead atoms. The molecule has 1 heterocycles. The van der Waals surface area contributed by atoms with Crippen molar-refractivity contribution in [2.45, 2.75) is 63.6 Å². The monoisotopic (exact) mass is 447 g/mol. The summed E-state index contributed by atoms with van der Waals surface area (Å²) in [5, 5.41) is 7.14. The van der Waals surface area contributed by atoms with Gasteiger partial charge in [0.25, 0.3) is 0 Å². The largest absolute Gasteiger partial charge is 0.494 e. The van der Waals surface area contributed by atoms with E-state index in [1.165, 1.54) is 26.4 Å². The quantitative estimate of drug-likeness (QED) is 0.497. The van der Waals surface area contributed by atoms with Gasteiger partial charge in [-0.25, -0.2) is 9.38 Å². The van der Waals surface area contributed by atoms with E-state index in [0.29, 0.717) is 12.1 Å². The van der Waals surface area contributed by atoms with E-state index in [9.17, 15) is 9.18 Å². The Bertz CT molecular complexity index is 772. The van der Waals surface area contributed by atoms with Crippen molar-refractivity contribution < 1.29 is 13.9 Å². The van der Waals surface area contributed by atoms with E-state index >= 15 is 0 Å². The number of nitrogens with one attached hydrogen (secondary N) is 2. The van der Waals surface area contributed by atoms with Crippen LogP contribution in [0.25, 0.3) is 0 Å². The fourth-order valence-corrected chi connectivity index (χ4v) is 4.36. The first-order valence-electron chi connectivity index (χ1n) is 11.8. The molecule has 178 valence electrons. The summed E-state index contributed by atoms with van der Waals surface area (Å²) < 4.78 is 19.0. The van der Waals surface area contributed by atoms with E-state index in [4.69, 9.17) is 4.74 Å². The Balaban J connectivity index is 1.52. The van der Waals surface area contributed by atoms with Gasteiger partial charge in [-0.15, -0.1) is 0 Å². The zero-order chi connectivity index (χ0) is 22.9. The number of likely N-dealkylation sites (tertiary alicyclic amines) is 1. The summed E-state index contributed by atoms with van der Waals surface area (Å²) in [6.07, 6.45) is 8.04. The number of carbonyl (C=O) groups is 1. The number of piperidine rings is 1. The number of carbonyl (C=O) groups excluding carboxylic acids is 1. The number of amides is 1. The predicted molar refractivity (Wildman–Crippen MR) is 125 cm³/mol. The number of methoxy groups -OCH3 is 1. The lowest BCUT2D eigenvalue weighted by Crippen LogP contribution is -2.51. The number of nitrogens with zero attached hydrogens (tertiary/aromatic N) is 3. The first-order valence-corrected chi connectivity index (χ1v) is 11.8. The van der Waals surface area contributed by atoms with Gasteiger partial charge in [0.1, 0.15) is 6.54 Å². The van der Waals surface area contributed by atoms with Crippen molar-refractivity contribution in [3.8, 4) is 5.75 Å². The van der Waals surface area contributed by atoms with Crippen LogP contribution < -0.4 is 15.4 Å². The first-order chi connectivity index (χ1) is 15.4. The second-order valence-electron chi connectivity index (χ2n) is 9.10. The van der Waals surface area contributed by atoms with Crippen molar-refractivity contribution in [1.82, 2.24) is 20.4 Å². The van der Waals surface area contributed by atoms with Crippen LogP contribution in [0.5, 0.6) is 5.75 Å². The summed E-state index contributed by atoms with van der Waals surface area (Å²) in [6.45, 7) is 2.74. The Kier molecular flexibility index (Phi) is 9.14. The Morgan fingerprint density at radius 3 is 2.38 bits per heavy atom. The fourth-order valence-electron chi connectivity index (χ4n) is 4.36. The molecule has 1 saturated heterocycles.